The number of nitrogens with zero attached hydrogens (tertiary/aromatic N) is 1. The van der Waals surface area contributed by atoms with Gasteiger partial charge in [-0.2, -0.15) is 0 Å². The third-order valence-corrected chi connectivity index (χ3v) is 8.11. The van der Waals surface area contributed by atoms with Crippen LogP contribution in [-0.4, -0.2) is 37.9 Å². The van der Waals surface area contributed by atoms with Gasteiger partial charge in [-0.3, -0.25) is 0 Å². The van der Waals surface area contributed by atoms with Gasteiger partial charge in [-0.1, -0.05) is 20.8 Å². The number of benzene rings is 1. The van der Waals surface area contributed by atoms with E-state index < -0.39 is 33.6 Å². The molecule has 1 atom stereocenters. The van der Waals surface area contributed by atoms with E-state index >= 15 is 4.39 Å². The van der Waals surface area contributed by atoms with Gasteiger partial charge in [0.1, 0.15) is 11.9 Å². The Kier molecular flexibility index (Phi) is 6.37. The normalized spacial score (nSPS) is 19.7. The van der Waals surface area contributed by atoms with Crippen LogP contribution >= 0.6 is 0 Å². The van der Waals surface area contributed by atoms with Gasteiger partial charge in [0.15, 0.2) is 0 Å². The van der Waals surface area contributed by atoms with E-state index in [0.29, 0.717) is 61.9 Å². The highest BCUT2D eigenvalue weighted by Gasteiger charge is 2.40. The van der Waals surface area contributed by atoms with Gasteiger partial charge < -0.3 is 9.30 Å². The van der Waals surface area contributed by atoms with Crippen LogP contribution in [0.5, 0.6) is 0 Å². The lowest BCUT2D eigenvalue weighted by atomic mass is 9.90. The van der Waals surface area contributed by atoms with Crippen molar-refractivity contribution in [2.75, 3.05) is 13.2 Å². The van der Waals surface area contributed by atoms with Crippen LogP contribution in [0.2, 0.25) is 0 Å². The molecule has 4 rings (SSSR count). The smallest absolute Gasteiger partial charge is 0.258 e. The fourth-order valence-corrected chi connectivity index (χ4v) is 6.00. The van der Waals surface area contributed by atoms with Gasteiger partial charge in [-0.05, 0) is 54.7 Å². The van der Waals surface area contributed by atoms with E-state index in [0.717, 1.165) is 0 Å². The highest BCUT2D eigenvalue weighted by Crippen LogP contribution is 2.38. The summed E-state index contributed by atoms with van der Waals surface area (Å²) in [6.07, 6.45) is 0.956. The SMILES string of the molecule is CC(C)(C)Cn1cc(C(NS(=O)(=O)C2CC2)C(F)F)c2cc(F)c(C3CCOCC3)cc21. The van der Waals surface area contributed by atoms with Crippen LogP contribution in [0.1, 0.15) is 69.5 Å². The van der Waals surface area contributed by atoms with E-state index in [1.165, 1.54) is 6.07 Å². The summed E-state index contributed by atoms with van der Waals surface area (Å²) in [5.74, 6) is -0.439. The molecule has 1 aliphatic carbocycles. The zero-order valence-corrected chi connectivity index (χ0v) is 19.5. The molecule has 32 heavy (non-hydrogen) atoms. The van der Waals surface area contributed by atoms with Crippen molar-refractivity contribution in [3.05, 3.63) is 35.3 Å². The summed E-state index contributed by atoms with van der Waals surface area (Å²) in [6.45, 7) is 7.73. The molecule has 1 N–H and O–H groups in total. The number of hydrogen-bond donors (Lipinski definition) is 1. The molecule has 1 saturated carbocycles. The van der Waals surface area contributed by atoms with Gasteiger partial charge in [-0.15, -0.1) is 0 Å². The minimum atomic E-state index is -3.86. The minimum Gasteiger partial charge on any atom is -0.381 e. The molecule has 0 spiro atoms. The van der Waals surface area contributed by atoms with Crippen molar-refractivity contribution >= 4 is 20.9 Å². The number of halogens is 3. The molecule has 2 aromatic rings. The Morgan fingerprint density at radius 2 is 1.81 bits per heavy atom. The molecule has 1 aliphatic heterocycles. The van der Waals surface area contributed by atoms with Crippen LogP contribution < -0.4 is 4.72 Å². The van der Waals surface area contributed by atoms with E-state index in [1.807, 2.05) is 25.3 Å². The molecule has 1 aromatic heterocycles. The first-order valence-electron chi connectivity index (χ1n) is 11.2. The predicted molar refractivity (Wildman–Crippen MR) is 118 cm³/mol. The molecule has 0 bridgehead atoms. The van der Waals surface area contributed by atoms with Crippen LogP contribution in [0.4, 0.5) is 13.2 Å². The Hall–Kier alpha value is -1.58. The van der Waals surface area contributed by atoms with Crippen molar-refractivity contribution in [2.45, 2.75) is 76.6 Å². The highest BCUT2D eigenvalue weighted by atomic mass is 32.2. The molecular formula is C23H31F3N2O3S. The fourth-order valence-electron chi connectivity index (χ4n) is 4.47. The maximum absolute atomic E-state index is 15.2. The largest absolute Gasteiger partial charge is 0.381 e. The van der Waals surface area contributed by atoms with E-state index in [2.05, 4.69) is 4.72 Å². The average molecular weight is 473 g/mol. The van der Waals surface area contributed by atoms with Crippen molar-refractivity contribution in [1.82, 2.24) is 9.29 Å². The molecule has 2 heterocycles. The van der Waals surface area contributed by atoms with Crippen molar-refractivity contribution in [3.63, 3.8) is 0 Å². The number of ether oxygens (including phenoxy) is 1. The number of alkyl halides is 2. The van der Waals surface area contributed by atoms with Gasteiger partial charge >= 0.3 is 0 Å². The number of sulfonamides is 1. The summed E-state index contributed by atoms with van der Waals surface area (Å²) >= 11 is 0. The Bertz CT molecular complexity index is 1080. The third kappa shape index (κ3) is 4.99. The van der Waals surface area contributed by atoms with E-state index in [9.17, 15) is 17.2 Å². The van der Waals surface area contributed by atoms with Gasteiger partial charge in [0.2, 0.25) is 10.0 Å². The summed E-state index contributed by atoms with van der Waals surface area (Å²) in [5, 5.41) is -0.296. The van der Waals surface area contributed by atoms with Gasteiger partial charge in [-0.25, -0.2) is 26.3 Å². The van der Waals surface area contributed by atoms with Crippen LogP contribution in [-0.2, 0) is 21.3 Å². The lowest BCUT2D eigenvalue weighted by Crippen LogP contribution is -2.35. The van der Waals surface area contributed by atoms with Crippen LogP contribution in [0.15, 0.2) is 18.3 Å². The molecule has 5 nitrogen and oxygen atoms in total. The summed E-state index contributed by atoms with van der Waals surface area (Å²) in [7, 11) is -3.86. The Balaban J connectivity index is 1.83. The molecule has 1 aromatic carbocycles. The summed E-state index contributed by atoms with van der Waals surface area (Å²) < 4.78 is 77.7. The highest BCUT2D eigenvalue weighted by molar-refractivity contribution is 7.90. The van der Waals surface area contributed by atoms with Crippen molar-refractivity contribution in [3.8, 4) is 0 Å². The quantitative estimate of drug-likeness (QED) is 0.609. The molecule has 0 radical (unpaired) electrons. The van der Waals surface area contributed by atoms with Crippen molar-refractivity contribution in [2.24, 2.45) is 5.41 Å². The van der Waals surface area contributed by atoms with Gasteiger partial charge in [0, 0.05) is 42.4 Å². The van der Waals surface area contributed by atoms with Crippen LogP contribution in [0, 0.1) is 11.2 Å². The zero-order chi connectivity index (χ0) is 23.3. The molecule has 2 fully saturated rings. The van der Waals surface area contributed by atoms with Gasteiger partial charge in [0.05, 0.1) is 5.25 Å². The number of rotatable bonds is 7. The monoisotopic (exact) mass is 472 g/mol. The number of nitrogens with one attached hydrogen (secondary N) is 1. The first-order chi connectivity index (χ1) is 15.0. The lowest BCUT2D eigenvalue weighted by molar-refractivity contribution is 0.0846. The molecular weight excluding hydrogens is 441 g/mol. The topological polar surface area (TPSA) is 60.3 Å². The Morgan fingerprint density at radius 1 is 1.16 bits per heavy atom. The molecule has 2 aliphatic rings. The predicted octanol–water partition coefficient (Wildman–Crippen LogP) is 5.11. The number of fused-ring (bicyclic) bond motifs is 1. The molecule has 1 saturated heterocycles. The van der Waals surface area contributed by atoms with Gasteiger partial charge in [0.25, 0.3) is 6.43 Å². The second-order valence-corrected chi connectivity index (χ2v) is 12.2. The number of hydrogen-bond acceptors (Lipinski definition) is 3. The second-order valence-electron chi connectivity index (χ2n) is 10.2. The molecule has 178 valence electrons. The first kappa shape index (κ1) is 23.6. The minimum absolute atomic E-state index is 0.00820. The van der Waals surface area contributed by atoms with Crippen molar-refractivity contribution in [1.29, 1.82) is 0 Å². The van der Waals surface area contributed by atoms with Crippen molar-refractivity contribution < 1.29 is 26.3 Å². The summed E-state index contributed by atoms with van der Waals surface area (Å²) in [6, 6.07) is 1.33. The molecule has 0 amide bonds. The van der Waals surface area contributed by atoms with E-state index in [1.54, 1.807) is 12.3 Å². The zero-order valence-electron chi connectivity index (χ0n) is 18.7. The Labute approximate surface area is 187 Å². The standard InChI is InChI=1S/C23H31F3N2O3S/c1-23(2,3)13-28-12-18(21(22(25)26)27-32(29,30)15-4-5-15)17-10-19(24)16(11-20(17)28)14-6-8-31-9-7-14/h10-12,14-15,21-22,27H,4-9,13H2,1-3H3. The number of aromatic nitrogens is 1. The average Bonchev–Trinajstić information content (AvgIpc) is 3.51. The summed E-state index contributed by atoms with van der Waals surface area (Å²) in [5.41, 5.74) is 1.16. The third-order valence-electron chi connectivity index (χ3n) is 6.18. The second kappa shape index (κ2) is 8.65. The Morgan fingerprint density at radius 3 is 2.38 bits per heavy atom. The maximum Gasteiger partial charge on any atom is 0.258 e. The first-order valence-corrected chi connectivity index (χ1v) is 12.7. The van der Waals surface area contributed by atoms with Crippen LogP contribution in [0.3, 0.4) is 0 Å². The molecule has 9 heteroatoms. The summed E-state index contributed by atoms with van der Waals surface area (Å²) in [4.78, 5) is 0. The van der Waals surface area contributed by atoms with Crippen LogP contribution in [0.25, 0.3) is 10.9 Å². The van der Waals surface area contributed by atoms with E-state index in [4.69, 9.17) is 4.74 Å². The maximum atomic E-state index is 15.2. The fraction of sp³-hybridized carbons (Fsp3) is 0.652. The van der Waals surface area contributed by atoms with E-state index in [-0.39, 0.29) is 16.9 Å². The molecule has 1 unspecified atom stereocenters. The lowest BCUT2D eigenvalue weighted by Gasteiger charge is -2.24.